The molecule has 0 bridgehead atoms. The summed E-state index contributed by atoms with van der Waals surface area (Å²) in [5.41, 5.74) is 12.4. The number of hydrogen-bond donors (Lipinski definition) is 1. The number of hydrogen-bond acceptors (Lipinski definition) is 4. The molecule has 4 aromatic heterocycles. The van der Waals surface area contributed by atoms with E-state index in [0.29, 0.717) is 22.0 Å². The van der Waals surface area contributed by atoms with Crippen molar-refractivity contribution in [2.24, 2.45) is 0 Å². The third kappa shape index (κ3) is 4.48. The van der Waals surface area contributed by atoms with Crippen LogP contribution in [0, 0.1) is 0 Å². The second-order valence-corrected chi connectivity index (χ2v) is 14.4. The van der Waals surface area contributed by atoms with Crippen molar-refractivity contribution < 1.29 is 9.52 Å². The van der Waals surface area contributed by atoms with Crippen molar-refractivity contribution in [2.45, 2.75) is 26.2 Å². The van der Waals surface area contributed by atoms with Crippen LogP contribution < -0.4 is 0 Å². The molecule has 244 valence electrons. The molecule has 1 N–H and O–H groups in total. The van der Waals surface area contributed by atoms with Gasteiger partial charge in [0.15, 0.2) is 0 Å². The first-order valence-electron chi connectivity index (χ1n) is 17.3. The molecule has 0 saturated carbocycles. The summed E-state index contributed by atoms with van der Waals surface area (Å²) >= 11 is 0. The van der Waals surface area contributed by atoms with Crippen LogP contribution in [0.15, 0.2) is 144 Å². The Balaban J connectivity index is 1.27. The van der Waals surface area contributed by atoms with Crippen LogP contribution in [0.25, 0.3) is 93.8 Å². The Morgan fingerprint density at radius 3 is 2.18 bits per heavy atom. The first-order valence-corrected chi connectivity index (χ1v) is 17.3. The molecule has 0 radical (unpaired) electrons. The molecule has 0 saturated heterocycles. The van der Waals surface area contributed by atoms with Gasteiger partial charge >= 0.3 is 0 Å². The summed E-state index contributed by atoms with van der Waals surface area (Å²) in [6.07, 6.45) is 1.90. The zero-order valence-corrected chi connectivity index (χ0v) is 28.5. The Bertz CT molecular complexity index is 3020. The van der Waals surface area contributed by atoms with Crippen molar-refractivity contribution >= 4 is 60.3 Å². The lowest BCUT2D eigenvalue weighted by Crippen LogP contribution is -2.11. The Hall–Kier alpha value is -6.46. The molecule has 0 fully saturated rings. The van der Waals surface area contributed by atoms with Crippen LogP contribution in [-0.2, 0) is 5.41 Å². The SMILES string of the molecule is CC(C)(C)c1cc(-c2cc(-c3ccccc3)ccn2)cc(-c2cccc3c2nc2c4c(O)c5c(cc4c4ccccc4n32)oc2ccccc25)c1. The number of nitrogens with zero attached hydrogens (tertiary/aromatic N) is 3. The minimum absolute atomic E-state index is 0.106. The second-order valence-electron chi connectivity index (χ2n) is 14.4. The van der Waals surface area contributed by atoms with Gasteiger partial charge in [-0.15, -0.1) is 0 Å². The highest BCUT2D eigenvalue weighted by atomic mass is 16.3. The number of phenolic OH excluding ortho intramolecular Hbond substituents is 1. The van der Waals surface area contributed by atoms with Gasteiger partial charge in [0.1, 0.15) is 22.6 Å². The van der Waals surface area contributed by atoms with Gasteiger partial charge in [0.2, 0.25) is 0 Å². The molecule has 0 aliphatic heterocycles. The van der Waals surface area contributed by atoms with Gasteiger partial charge in [-0.3, -0.25) is 9.38 Å². The van der Waals surface area contributed by atoms with E-state index in [1.54, 1.807) is 0 Å². The third-order valence-corrected chi connectivity index (χ3v) is 10.3. The van der Waals surface area contributed by atoms with Crippen molar-refractivity contribution in [3.05, 3.63) is 145 Å². The molecule has 5 heteroatoms. The van der Waals surface area contributed by atoms with Gasteiger partial charge in [0, 0.05) is 33.5 Å². The lowest BCUT2D eigenvalue weighted by molar-refractivity contribution is 0.488. The summed E-state index contributed by atoms with van der Waals surface area (Å²) in [7, 11) is 0. The summed E-state index contributed by atoms with van der Waals surface area (Å²) < 4.78 is 8.46. The van der Waals surface area contributed by atoms with Gasteiger partial charge in [-0.1, -0.05) is 106 Å². The Kier molecular flexibility index (Phi) is 6.22. The molecule has 0 aliphatic rings. The fourth-order valence-corrected chi connectivity index (χ4v) is 7.71. The zero-order valence-electron chi connectivity index (χ0n) is 28.5. The molecule has 0 amide bonds. The number of para-hydroxylation sites is 3. The smallest absolute Gasteiger partial charge is 0.150 e. The van der Waals surface area contributed by atoms with Crippen molar-refractivity contribution in [3.63, 3.8) is 0 Å². The number of pyridine rings is 2. The quantitative estimate of drug-likeness (QED) is 0.192. The average molecular weight is 660 g/mol. The van der Waals surface area contributed by atoms with Gasteiger partial charge in [-0.25, -0.2) is 4.98 Å². The summed E-state index contributed by atoms with van der Waals surface area (Å²) in [4.78, 5) is 10.3. The van der Waals surface area contributed by atoms with Crippen LogP contribution in [0.1, 0.15) is 26.3 Å². The van der Waals surface area contributed by atoms with E-state index in [1.165, 1.54) is 5.56 Å². The molecular formula is C46H33N3O2. The molecule has 10 aromatic rings. The molecule has 0 atom stereocenters. The minimum Gasteiger partial charge on any atom is -0.506 e. The van der Waals surface area contributed by atoms with E-state index >= 15 is 0 Å². The highest BCUT2D eigenvalue weighted by Crippen LogP contribution is 2.45. The molecule has 10 rings (SSSR count). The standard InChI is InChI=1S/C46H33N3O2/c1-46(2,3)31-23-29(22-30(24-31)36-25-28(20-21-47-36)27-12-5-4-6-13-27)32-16-11-18-38-43(32)48-45-42-35(33-14-7-9-17-37(33)49(38)45)26-40-41(44(42)50)34-15-8-10-19-39(34)51-40/h4-26,50H,1-3H3. The maximum absolute atomic E-state index is 12.1. The fraction of sp³-hybridized carbons (Fsp3) is 0.0870. The average Bonchev–Trinajstić information content (AvgIpc) is 3.74. The highest BCUT2D eigenvalue weighted by Gasteiger charge is 2.23. The third-order valence-electron chi connectivity index (χ3n) is 10.3. The first-order chi connectivity index (χ1) is 24.8. The summed E-state index contributed by atoms with van der Waals surface area (Å²) in [6, 6.07) is 46.1. The van der Waals surface area contributed by atoms with E-state index in [2.05, 4.69) is 122 Å². The van der Waals surface area contributed by atoms with Gasteiger partial charge in [-0.2, -0.15) is 0 Å². The number of phenols is 1. The Labute approximate surface area is 294 Å². The van der Waals surface area contributed by atoms with Crippen LogP contribution in [0.5, 0.6) is 5.75 Å². The minimum atomic E-state index is -0.106. The van der Waals surface area contributed by atoms with Crippen molar-refractivity contribution in [2.75, 3.05) is 0 Å². The van der Waals surface area contributed by atoms with Crippen LogP contribution >= 0.6 is 0 Å². The van der Waals surface area contributed by atoms with Gasteiger partial charge in [-0.05, 0) is 76.2 Å². The summed E-state index contributed by atoms with van der Waals surface area (Å²) in [6.45, 7) is 6.74. The lowest BCUT2D eigenvalue weighted by atomic mass is 9.83. The molecule has 6 aromatic carbocycles. The lowest BCUT2D eigenvalue weighted by Gasteiger charge is -2.22. The fourth-order valence-electron chi connectivity index (χ4n) is 7.71. The van der Waals surface area contributed by atoms with E-state index in [-0.39, 0.29) is 11.2 Å². The van der Waals surface area contributed by atoms with Gasteiger partial charge in [0.25, 0.3) is 0 Å². The van der Waals surface area contributed by atoms with Gasteiger partial charge < -0.3 is 9.52 Å². The maximum atomic E-state index is 12.1. The van der Waals surface area contributed by atoms with Crippen LogP contribution in [0.4, 0.5) is 0 Å². The molecule has 4 heterocycles. The number of fused-ring (bicyclic) bond motifs is 11. The van der Waals surface area contributed by atoms with Crippen molar-refractivity contribution in [3.8, 4) is 39.3 Å². The second kappa shape index (κ2) is 10.8. The monoisotopic (exact) mass is 659 g/mol. The highest BCUT2D eigenvalue weighted by molar-refractivity contribution is 6.24. The number of imidazole rings is 1. The molecule has 0 unspecified atom stereocenters. The van der Waals surface area contributed by atoms with E-state index in [9.17, 15) is 5.11 Å². The molecule has 0 spiro atoms. The van der Waals surface area contributed by atoms with Crippen molar-refractivity contribution in [1.29, 1.82) is 0 Å². The largest absolute Gasteiger partial charge is 0.506 e. The summed E-state index contributed by atoms with van der Waals surface area (Å²) in [5.74, 6) is 0.182. The summed E-state index contributed by atoms with van der Waals surface area (Å²) in [5, 5.41) is 16.4. The Morgan fingerprint density at radius 2 is 1.33 bits per heavy atom. The van der Waals surface area contributed by atoms with E-state index < -0.39 is 0 Å². The molecule has 0 aliphatic carbocycles. The molecule has 51 heavy (non-hydrogen) atoms. The number of aromatic hydroxyl groups is 1. The maximum Gasteiger partial charge on any atom is 0.150 e. The predicted molar refractivity (Wildman–Crippen MR) is 209 cm³/mol. The van der Waals surface area contributed by atoms with E-state index in [1.807, 2.05) is 42.6 Å². The Morgan fingerprint density at radius 1 is 0.588 bits per heavy atom. The topological polar surface area (TPSA) is 63.6 Å². The molecule has 5 nitrogen and oxygen atoms in total. The predicted octanol–water partition coefficient (Wildman–Crippen LogP) is 12.1. The first kappa shape index (κ1) is 29.5. The number of benzene rings is 6. The zero-order chi connectivity index (χ0) is 34.4. The van der Waals surface area contributed by atoms with E-state index in [4.69, 9.17) is 14.4 Å². The van der Waals surface area contributed by atoms with Crippen LogP contribution in [0.2, 0.25) is 0 Å². The van der Waals surface area contributed by atoms with Crippen molar-refractivity contribution in [1.82, 2.24) is 14.4 Å². The number of furan rings is 1. The number of rotatable bonds is 3. The van der Waals surface area contributed by atoms with Crippen LogP contribution in [0.3, 0.4) is 0 Å². The number of aromatic nitrogens is 3. The van der Waals surface area contributed by atoms with E-state index in [0.717, 1.165) is 71.8 Å². The van der Waals surface area contributed by atoms with Crippen LogP contribution in [-0.4, -0.2) is 19.5 Å². The molecular weight excluding hydrogens is 627 g/mol. The van der Waals surface area contributed by atoms with Gasteiger partial charge in [0.05, 0.1) is 33.0 Å². The normalized spacial score (nSPS) is 12.3.